The second-order valence-electron chi connectivity index (χ2n) is 2.86. The molecule has 0 bridgehead atoms. The van der Waals surface area contributed by atoms with Crippen molar-refractivity contribution in [3.8, 4) is 11.8 Å². The van der Waals surface area contributed by atoms with Gasteiger partial charge in [0.15, 0.2) is 0 Å². The SMILES string of the molecule is CC#CCCC(NC)c1ccoc1. The van der Waals surface area contributed by atoms with Gasteiger partial charge < -0.3 is 9.73 Å². The van der Waals surface area contributed by atoms with Gasteiger partial charge >= 0.3 is 0 Å². The van der Waals surface area contributed by atoms with E-state index in [0.717, 1.165) is 12.8 Å². The van der Waals surface area contributed by atoms with Gasteiger partial charge in [-0.05, 0) is 26.5 Å². The minimum absolute atomic E-state index is 0.361. The molecule has 1 unspecified atom stereocenters. The Morgan fingerprint density at radius 3 is 3.00 bits per heavy atom. The third-order valence-corrected chi connectivity index (χ3v) is 2.03. The minimum Gasteiger partial charge on any atom is -0.472 e. The molecule has 1 aromatic rings. The Bertz CT molecular complexity index is 279. The Hall–Kier alpha value is -1.20. The van der Waals surface area contributed by atoms with Gasteiger partial charge in [0.05, 0.1) is 12.5 Å². The number of hydrogen-bond donors (Lipinski definition) is 1. The molecule has 1 atom stereocenters. The van der Waals surface area contributed by atoms with Crippen LogP contribution in [0.25, 0.3) is 0 Å². The highest BCUT2D eigenvalue weighted by molar-refractivity contribution is 5.12. The maximum atomic E-state index is 5.03. The van der Waals surface area contributed by atoms with Crippen molar-refractivity contribution in [3.63, 3.8) is 0 Å². The average molecular weight is 177 g/mol. The summed E-state index contributed by atoms with van der Waals surface area (Å²) < 4.78 is 5.03. The van der Waals surface area contributed by atoms with Gasteiger partial charge in [0.25, 0.3) is 0 Å². The van der Waals surface area contributed by atoms with Crippen LogP contribution in [0, 0.1) is 11.8 Å². The van der Waals surface area contributed by atoms with Gasteiger partial charge in [-0.15, -0.1) is 11.8 Å². The van der Waals surface area contributed by atoms with Gasteiger partial charge in [-0.1, -0.05) is 0 Å². The average Bonchev–Trinajstić information content (AvgIpc) is 2.65. The predicted octanol–water partition coefficient (Wildman–Crippen LogP) is 2.34. The lowest BCUT2D eigenvalue weighted by Crippen LogP contribution is -2.15. The van der Waals surface area contributed by atoms with E-state index in [2.05, 4.69) is 17.2 Å². The monoisotopic (exact) mass is 177 g/mol. The highest BCUT2D eigenvalue weighted by atomic mass is 16.3. The van der Waals surface area contributed by atoms with Crippen LogP contribution >= 0.6 is 0 Å². The molecule has 0 fully saturated rings. The van der Waals surface area contributed by atoms with E-state index < -0.39 is 0 Å². The molecule has 70 valence electrons. The molecular weight excluding hydrogens is 162 g/mol. The summed E-state index contributed by atoms with van der Waals surface area (Å²) in [6, 6.07) is 2.35. The zero-order valence-corrected chi connectivity index (χ0v) is 8.13. The first-order chi connectivity index (χ1) is 6.38. The van der Waals surface area contributed by atoms with Crippen LogP contribution < -0.4 is 5.32 Å². The van der Waals surface area contributed by atoms with E-state index >= 15 is 0 Å². The summed E-state index contributed by atoms with van der Waals surface area (Å²) in [5, 5.41) is 3.24. The summed E-state index contributed by atoms with van der Waals surface area (Å²) in [4.78, 5) is 0. The predicted molar refractivity (Wildman–Crippen MR) is 53.2 cm³/mol. The normalized spacial score (nSPS) is 11.8. The van der Waals surface area contributed by atoms with Gasteiger partial charge in [-0.3, -0.25) is 0 Å². The second-order valence-corrected chi connectivity index (χ2v) is 2.86. The van der Waals surface area contributed by atoms with Crippen LogP contribution in [0.15, 0.2) is 23.0 Å². The number of nitrogens with one attached hydrogen (secondary N) is 1. The molecule has 2 heteroatoms. The molecule has 2 nitrogen and oxygen atoms in total. The molecule has 0 spiro atoms. The van der Waals surface area contributed by atoms with Crippen molar-refractivity contribution < 1.29 is 4.42 Å². The fourth-order valence-corrected chi connectivity index (χ4v) is 1.29. The van der Waals surface area contributed by atoms with Crippen molar-refractivity contribution in [2.24, 2.45) is 0 Å². The maximum absolute atomic E-state index is 5.03. The molecule has 13 heavy (non-hydrogen) atoms. The first-order valence-corrected chi connectivity index (χ1v) is 4.47. The van der Waals surface area contributed by atoms with E-state index in [1.165, 1.54) is 5.56 Å². The summed E-state index contributed by atoms with van der Waals surface area (Å²) in [6.45, 7) is 1.87. The molecule has 1 N–H and O–H groups in total. The Morgan fingerprint density at radius 2 is 2.46 bits per heavy atom. The Balaban J connectivity index is 2.47. The van der Waals surface area contributed by atoms with Crippen LogP contribution in [0.3, 0.4) is 0 Å². The molecule has 0 aromatic carbocycles. The van der Waals surface area contributed by atoms with Crippen molar-refractivity contribution in [2.45, 2.75) is 25.8 Å². The number of rotatable bonds is 4. The van der Waals surface area contributed by atoms with Crippen molar-refractivity contribution in [1.82, 2.24) is 5.32 Å². The Morgan fingerprint density at radius 1 is 1.62 bits per heavy atom. The molecule has 0 aliphatic carbocycles. The lowest BCUT2D eigenvalue weighted by molar-refractivity contribution is 0.529. The van der Waals surface area contributed by atoms with Crippen molar-refractivity contribution in [2.75, 3.05) is 7.05 Å². The van der Waals surface area contributed by atoms with Crippen LogP contribution in [0.2, 0.25) is 0 Å². The van der Waals surface area contributed by atoms with Crippen molar-refractivity contribution >= 4 is 0 Å². The molecule has 1 heterocycles. The van der Waals surface area contributed by atoms with Gasteiger partial charge in [-0.25, -0.2) is 0 Å². The van der Waals surface area contributed by atoms with Crippen LogP contribution in [-0.4, -0.2) is 7.05 Å². The molecule has 0 radical (unpaired) electrons. The van der Waals surface area contributed by atoms with Crippen molar-refractivity contribution in [1.29, 1.82) is 0 Å². The van der Waals surface area contributed by atoms with Crippen LogP contribution in [0.1, 0.15) is 31.4 Å². The van der Waals surface area contributed by atoms with E-state index in [1.54, 1.807) is 12.5 Å². The molecule has 0 aliphatic heterocycles. The molecule has 1 rings (SSSR count). The van der Waals surface area contributed by atoms with E-state index in [1.807, 2.05) is 20.0 Å². The van der Waals surface area contributed by atoms with Crippen LogP contribution in [0.4, 0.5) is 0 Å². The molecule has 0 aliphatic rings. The Labute approximate surface area is 79.3 Å². The van der Waals surface area contributed by atoms with E-state index in [0.29, 0.717) is 6.04 Å². The fraction of sp³-hybridized carbons (Fsp3) is 0.455. The summed E-state index contributed by atoms with van der Waals surface area (Å²) in [7, 11) is 1.96. The summed E-state index contributed by atoms with van der Waals surface area (Å²) in [5.74, 6) is 5.95. The third kappa shape index (κ3) is 2.96. The second kappa shape index (κ2) is 5.45. The maximum Gasteiger partial charge on any atom is 0.0950 e. The van der Waals surface area contributed by atoms with Crippen LogP contribution in [0.5, 0.6) is 0 Å². The molecular formula is C11H15NO. The third-order valence-electron chi connectivity index (χ3n) is 2.03. The Kier molecular flexibility index (Phi) is 4.14. The quantitative estimate of drug-likeness (QED) is 0.714. The van der Waals surface area contributed by atoms with E-state index in [4.69, 9.17) is 4.42 Å². The van der Waals surface area contributed by atoms with Gasteiger partial charge in [-0.2, -0.15) is 0 Å². The standard InChI is InChI=1S/C11H15NO/c1-3-4-5-6-11(12-2)10-7-8-13-9-10/h7-9,11-12H,5-6H2,1-2H3. The lowest BCUT2D eigenvalue weighted by Gasteiger charge is -2.11. The summed E-state index contributed by atoms with van der Waals surface area (Å²) in [6.07, 6.45) is 5.43. The topological polar surface area (TPSA) is 25.2 Å². The van der Waals surface area contributed by atoms with Gasteiger partial charge in [0.1, 0.15) is 0 Å². The highest BCUT2D eigenvalue weighted by Crippen LogP contribution is 2.17. The molecule has 0 amide bonds. The smallest absolute Gasteiger partial charge is 0.0950 e. The van der Waals surface area contributed by atoms with Crippen molar-refractivity contribution in [3.05, 3.63) is 24.2 Å². The number of furan rings is 1. The summed E-state index contributed by atoms with van der Waals surface area (Å²) >= 11 is 0. The first-order valence-electron chi connectivity index (χ1n) is 4.47. The fourth-order valence-electron chi connectivity index (χ4n) is 1.29. The number of hydrogen-bond acceptors (Lipinski definition) is 2. The van der Waals surface area contributed by atoms with Gasteiger partial charge in [0.2, 0.25) is 0 Å². The minimum atomic E-state index is 0.361. The zero-order chi connectivity index (χ0) is 9.52. The van der Waals surface area contributed by atoms with Gasteiger partial charge in [0, 0.05) is 18.0 Å². The summed E-state index contributed by atoms with van der Waals surface area (Å²) in [5.41, 5.74) is 1.19. The molecule has 1 aromatic heterocycles. The largest absolute Gasteiger partial charge is 0.472 e. The highest BCUT2D eigenvalue weighted by Gasteiger charge is 2.08. The zero-order valence-electron chi connectivity index (χ0n) is 8.13. The van der Waals surface area contributed by atoms with Crippen LogP contribution in [-0.2, 0) is 0 Å². The molecule has 0 saturated carbocycles. The lowest BCUT2D eigenvalue weighted by atomic mass is 10.1. The first kappa shape index (κ1) is 9.88. The van der Waals surface area contributed by atoms with E-state index in [-0.39, 0.29) is 0 Å². The molecule has 0 saturated heterocycles. The van der Waals surface area contributed by atoms with E-state index in [9.17, 15) is 0 Å².